The SMILES string of the molecule is CCNC(=O)NCc1ccccc1-c1ccc(CN2C(=O)[C@H](NC(=O)CC(C)(C)NC[C@@H](C)O)CSc3cc(F)ccc32)cc1. The van der Waals surface area contributed by atoms with E-state index in [0.29, 0.717) is 30.2 Å². The largest absolute Gasteiger partial charge is 0.392 e. The van der Waals surface area contributed by atoms with Gasteiger partial charge in [-0.1, -0.05) is 48.5 Å². The Labute approximate surface area is 268 Å². The van der Waals surface area contributed by atoms with Crippen LogP contribution in [-0.4, -0.2) is 59.5 Å². The van der Waals surface area contributed by atoms with Crippen LogP contribution in [0.25, 0.3) is 11.1 Å². The van der Waals surface area contributed by atoms with E-state index in [1.165, 1.54) is 23.9 Å². The van der Waals surface area contributed by atoms with E-state index in [0.717, 1.165) is 22.3 Å². The number of hydrogen-bond donors (Lipinski definition) is 5. The second kappa shape index (κ2) is 15.4. The van der Waals surface area contributed by atoms with E-state index in [1.54, 1.807) is 17.9 Å². The third-order valence-corrected chi connectivity index (χ3v) is 8.53. The molecule has 1 heterocycles. The average Bonchev–Trinajstić information content (AvgIpc) is 3.11. The van der Waals surface area contributed by atoms with Crippen LogP contribution in [0.15, 0.2) is 71.6 Å². The van der Waals surface area contributed by atoms with Crippen molar-refractivity contribution in [3.63, 3.8) is 0 Å². The van der Waals surface area contributed by atoms with Gasteiger partial charge in [0, 0.05) is 42.2 Å². The third kappa shape index (κ3) is 9.53. The van der Waals surface area contributed by atoms with Gasteiger partial charge in [0.15, 0.2) is 0 Å². The molecule has 45 heavy (non-hydrogen) atoms. The highest BCUT2D eigenvalue weighted by Crippen LogP contribution is 2.36. The highest BCUT2D eigenvalue weighted by molar-refractivity contribution is 7.99. The van der Waals surface area contributed by atoms with Crippen molar-refractivity contribution in [1.82, 2.24) is 21.3 Å². The quantitative estimate of drug-likeness (QED) is 0.199. The van der Waals surface area contributed by atoms with Crippen molar-refractivity contribution in [2.75, 3.05) is 23.7 Å². The summed E-state index contributed by atoms with van der Waals surface area (Å²) in [4.78, 5) is 41.2. The number of aliphatic hydroxyl groups excluding tert-OH is 1. The van der Waals surface area contributed by atoms with Gasteiger partial charge in [-0.05, 0) is 68.1 Å². The second-order valence-electron chi connectivity index (χ2n) is 11.8. The van der Waals surface area contributed by atoms with Crippen molar-refractivity contribution in [3.05, 3.63) is 83.7 Å². The first-order valence-electron chi connectivity index (χ1n) is 15.1. The topological polar surface area (TPSA) is 123 Å². The molecule has 0 aliphatic carbocycles. The van der Waals surface area contributed by atoms with Crippen molar-refractivity contribution >= 4 is 35.3 Å². The molecule has 3 aromatic rings. The van der Waals surface area contributed by atoms with Gasteiger partial charge in [0.05, 0.1) is 18.3 Å². The number of carbonyl (C=O) groups excluding carboxylic acids is 3. The zero-order chi connectivity index (χ0) is 32.6. The number of aliphatic hydroxyl groups is 1. The lowest BCUT2D eigenvalue weighted by Crippen LogP contribution is -2.52. The number of fused-ring (bicyclic) bond motifs is 1. The van der Waals surface area contributed by atoms with Crippen LogP contribution in [0.4, 0.5) is 14.9 Å². The zero-order valence-electron chi connectivity index (χ0n) is 26.2. The van der Waals surface area contributed by atoms with Crippen LogP contribution >= 0.6 is 11.8 Å². The van der Waals surface area contributed by atoms with E-state index in [9.17, 15) is 23.9 Å². The summed E-state index contributed by atoms with van der Waals surface area (Å²) in [6.45, 7) is 8.74. The molecule has 240 valence electrons. The van der Waals surface area contributed by atoms with Gasteiger partial charge in [0.2, 0.25) is 5.91 Å². The number of halogens is 1. The summed E-state index contributed by atoms with van der Waals surface area (Å²) in [6.07, 6.45) is -0.448. The van der Waals surface area contributed by atoms with E-state index in [4.69, 9.17) is 0 Å². The molecule has 0 saturated heterocycles. The number of rotatable bonds is 12. The van der Waals surface area contributed by atoms with Gasteiger partial charge in [0.25, 0.3) is 5.91 Å². The van der Waals surface area contributed by atoms with Gasteiger partial charge in [-0.3, -0.25) is 9.59 Å². The van der Waals surface area contributed by atoms with Gasteiger partial charge in [-0.2, -0.15) is 0 Å². The molecule has 1 aliphatic heterocycles. The first kappa shape index (κ1) is 34.0. The lowest BCUT2D eigenvalue weighted by molar-refractivity contribution is -0.127. The molecular weight excluding hydrogens is 593 g/mol. The van der Waals surface area contributed by atoms with Crippen molar-refractivity contribution in [1.29, 1.82) is 0 Å². The first-order valence-corrected chi connectivity index (χ1v) is 16.1. The molecule has 2 atom stereocenters. The van der Waals surface area contributed by atoms with E-state index < -0.39 is 23.5 Å². The minimum atomic E-state index is -0.811. The van der Waals surface area contributed by atoms with Crippen LogP contribution in [-0.2, 0) is 22.7 Å². The summed E-state index contributed by atoms with van der Waals surface area (Å²) in [5.74, 6) is -0.702. The Bertz CT molecular complexity index is 1500. The van der Waals surface area contributed by atoms with Crippen molar-refractivity contribution in [2.24, 2.45) is 0 Å². The van der Waals surface area contributed by atoms with E-state index in [2.05, 4.69) is 21.3 Å². The Morgan fingerprint density at radius 3 is 2.53 bits per heavy atom. The fourth-order valence-electron chi connectivity index (χ4n) is 5.10. The molecule has 0 spiro atoms. The van der Waals surface area contributed by atoms with Gasteiger partial charge < -0.3 is 31.3 Å². The number of hydrogen-bond acceptors (Lipinski definition) is 6. The molecule has 5 N–H and O–H groups in total. The van der Waals surface area contributed by atoms with Crippen molar-refractivity contribution in [2.45, 2.75) is 69.8 Å². The number of benzene rings is 3. The average molecular weight is 636 g/mol. The molecule has 3 aromatic carbocycles. The van der Waals surface area contributed by atoms with Crippen molar-refractivity contribution < 1.29 is 23.9 Å². The van der Waals surface area contributed by atoms with E-state index in [-0.39, 0.29) is 36.6 Å². The molecule has 0 fully saturated rings. The maximum absolute atomic E-state index is 14.2. The number of urea groups is 1. The molecule has 0 unspecified atom stereocenters. The Morgan fingerprint density at radius 1 is 1.09 bits per heavy atom. The number of nitrogens with one attached hydrogen (secondary N) is 4. The molecule has 1 aliphatic rings. The number of β-amino-alcohol motifs (C(OH)–C–C–N with tert-alkyl or cyclic N) is 1. The molecule has 11 heteroatoms. The second-order valence-corrected chi connectivity index (χ2v) is 12.9. The Morgan fingerprint density at radius 2 is 1.82 bits per heavy atom. The smallest absolute Gasteiger partial charge is 0.315 e. The van der Waals surface area contributed by atoms with Gasteiger partial charge in [-0.25, -0.2) is 9.18 Å². The maximum atomic E-state index is 14.2. The third-order valence-electron chi connectivity index (χ3n) is 7.40. The van der Waals surface area contributed by atoms with E-state index >= 15 is 0 Å². The fraction of sp³-hybridized carbons (Fsp3) is 0.382. The zero-order valence-corrected chi connectivity index (χ0v) is 27.0. The highest BCUT2D eigenvalue weighted by atomic mass is 32.2. The highest BCUT2D eigenvalue weighted by Gasteiger charge is 2.33. The summed E-state index contributed by atoms with van der Waals surface area (Å²) in [6, 6.07) is 19.0. The number of amides is 4. The number of nitrogens with zero attached hydrogens (tertiary/aromatic N) is 1. The molecule has 4 rings (SSSR count). The van der Waals surface area contributed by atoms with Crippen LogP contribution < -0.4 is 26.2 Å². The van der Waals surface area contributed by atoms with Crippen LogP contribution in [0, 0.1) is 5.82 Å². The Balaban J connectivity index is 1.52. The molecule has 4 amide bonds. The first-order chi connectivity index (χ1) is 21.5. The monoisotopic (exact) mass is 635 g/mol. The van der Waals surface area contributed by atoms with Crippen molar-refractivity contribution in [3.8, 4) is 11.1 Å². The number of anilines is 1. The fourth-order valence-corrected chi connectivity index (χ4v) is 6.20. The Hall–Kier alpha value is -3.93. The molecule has 0 bridgehead atoms. The van der Waals surface area contributed by atoms with Gasteiger partial charge in [0.1, 0.15) is 11.9 Å². The van der Waals surface area contributed by atoms with Crippen LogP contribution in [0.5, 0.6) is 0 Å². The number of carbonyl (C=O) groups is 3. The van der Waals surface area contributed by atoms with Crippen LogP contribution in [0.3, 0.4) is 0 Å². The molecule has 0 saturated carbocycles. The molecular formula is C34H42FN5O4S. The summed E-state index contributed by atoms with van der Waals surface area (Å²) in [5, 5.41) is 21.3. The summed E-state index contributed by atoms with van der Waals surface area (Å²) >= 11 is 1.33. The predicted octanol–water partition coefficient (Wildman–Crippen LogP) is 4.57. The predicted molar refractivity (Wildman–Crippen MR) is 176 cm³/mol. The lowest BCUT2D eigenvalue weighted by Gasteiger charge is -2.29. The summed E-state index contributed by atoms with van der Waals surface area (Å²) in [7, 11) is 0. The maximum Gasteiger partial charge on any atom is 0.315 e. The molecule has 0 aromatic heterocycles. The summed E-state index contributed by atoms with van der Waals surface area (Å²) < 4.78 is 14.2. The molecule has 0 radical (unpaired) electrons. The lowest BCUT2D eigenvalue weighted by atomic mass is 9.98. The van der Waals surface area contributed by atoms with Crippen LogP contribution in [0.1, 0.15) is 45.2 Å². The minimum Gasteiger partial charge on any atom is -0.392 e. The van der Waals surface area contributed by atoms with E-state index in [1.807, 2.05) is 69.3 Å². The number of thioether (sulfide) groups is 1. The summed E-state index contributed by atoms with van der Waals surface area (Å²) in [5.41, 5.74) is 3.78. The Kier molecular flexibility index (Phi) is 11.6. The van der Waals surface area contributed by atoms with Gasteiger partial charge >= 0.3 is 6.03 Å². The van der Waals surface area contributed by atoms with Crippen LogP contribution in [0.2, 0.25) is 0 Å². The van der Waals surface area contributed by atoms with Gasteiger partial charge in [-0.15, -0.1) is 11.8 Å². The minimum absolute atomic E-state index is 0.109. The standard InChI is InChI=1S/C34H42FN5O4S/c1-5-36-33(44)37-19-25-8-6-7-9-27(25)24-12-10-23(11-13-24)20-40-29-15-14-26(35)16-30(29)45-21-28(32(40)43)39-31(42)17-34(3,4)38-18-22(2)41/h6-16,22,28,38,41H,5,17-21H2,1-4H3,(H,39,42)(H2,36,37,44)/t22-,28-/m1/s1. The normalized spacial score (nSPS) is 15.6. The molecule has 9 nitrogen and oxygen atoms in total.